The molecule has 1 aliphatic rings. The average Bonchev–Trinajstić information content (AvgIpc) is 2.39. The smallest absolute Gasteiger partial charge is 0.325 e. The molecule has 0 N–H and O–H groups in total. The van der Waals surface area contributed by atoms with Crippen LogP contribution in [0.15, 0.2) is 23.1 Å². The molecule has 22 heavy (non-hydrogen) atoms. The highest BCUT2D eigenvalue weighted by atomic mass is 19.4. The maximum Gasteiger partial charge on any atom is 0.417 e. The fourth-order valence-corrected chi connectivity index (χ4v) is 2.35. The molecule has 0 aliphatic heterocycles. The summed E-state index contributed by atoms with van der Waals surface area (Å²) in [5.41, 5.74) is -2.60. The van der Waals surface area contributed by atoms with Crippen LogP contribution in [0.2, 0.25) is 0 Å². The van der Waals surface area contributed by atoms with Gasteiger partial charge in [0.25, 0.3) is 5.56 Å². The average molecular weight is 313 g/mol. The summed E-state index contributed by atoms with van der Waals surface area (Å²) in [6.45, 7) is -0.525. The van der Waals surface area contributed by atoms with Crippen LogP contribution in [0.25, 0.3) is 0 Å². The van der Waals surface area contributed by atoms with Crippen molar-refractivity contribution in [2.45, 2.75) is 37.5 Å². The molecule has 0 bridgehead atoms. The summed E-state index contributed by atoms with van der Waals surface area (Å²) in [6.07, 6.45) is -2.10. The van der Waals surface area contributed by atoms with E-state index in [9.17, 15) is 22.8 Å². The van der Waals surface area contributed by atoms with E-state index in [1.807, 2.05) is 0 Å². The highest BCUT2D eigenvalue weighted by Gasteiger charge is 2.43. The van der Waals surface area contributed by atoms with Crippen LogP contribution in [-0.4, -0.2) is 28.0 Å². The molecule has 8 heteroatoms. The van der Waals surface area contributed by atoms with Gasteiger partial charge in [0.05, 0.1) is 11.6 Å². The van der Waals surface area contributed by atoms with Crippen LogP contribution in [0.5, 0.6) is 0 Å². The molecule has 1 heterocycles. The topological polar surface area (TPSA) is 66.1 Å². The Morgan fingerprint density at radius 2 is 2.09 bits per heavy atom. The Morgan fingerprint density at radius 1 is 1.45 bits per heavy atom. The van der Waals surface area contributed by atoms with E-state index < -0.39 is 35.3 Å². The summed E-state index contributed by atoms with van der Waals surface area (Å²) >= 11 is 0. The van der Waals surface area contributed by atoms with Crippen molar-refractivity contribution < 1.29 is 18.0 Å². The Hall–Kier alpha value is -2.30. The summed E-state index contributed by atoms with van der Waals surface area (Å²) in [5.74, 6) is -0.567. The third-order valence-electron chi connectivity index (χ3n) is 4.02. The number of carbonyl (C=O) groups excluding carboxylic acids is 1. The zero-order valence-electron chi connectivity index (χ0n) is 11.9. The molecule has 1 amide bonds. The van der Waals surface area contributed by atoms with Crippen LogP contribution in [0, 0.1) is 11.3 Å². The van der Waals surface area contributed by atoms with Crippen LogP contribution < -0.4 is 5.56 Å². The quantitative estimate of drug-likeness (QED) is 0.854. The van der Waals surface area contributed by atoms with Crippen LogP contribution in [0.4, 0.5) is 13.2 Å². The molecule has 2 rings (SSSR count). The van der Waals surface area contributed by atoms with Crippen molar-refractivity contribution in [3.8, 4) is 6.07 Å². The van der Waals surface area contributed by atoms with Crippen molar-refractivity contribution in [1.29, 1.82) is 5.26 Å². The third kappa shape index (κ3) is 2.84. The second kappa shape index (κ2) is 5.48. The number of likely N-dealkylation sites (N-methyl/N-ethyl adjacent to an activating group) is 1. The highest BCUT2D eigenvalue weighted by molar-refractivity contribution is 5.77. The van der Waals surface area contributed by atoms with E-state index in [0.29, 0.717) is 29.7 Å². The van der Waals surface area contributed by atoms with Crippen LogP contribution in [0.1, 0.15) is 24.8 Å². The van der Waals surface area contributed by atoms with Gasteiger partial charge < -0.3 is 9.47 Å². The molecule has 0 unspecified atom stereocenters. The number of halogens is 3. The van der Waals surface area contributed by atoms with Gasteiger partial charge >= 0.3 is 6.18 Å². The molecular weight excluding hydrogens is 299 g/mol. The standard InChI is InChI=1S/C14H14F3N3O2/c1-19(13(9-18)5-2-6-13)12(22)8-20-7-10(14(15,16)17)3-4-11(20)21/h3-4,7H,2,5-6,8H2,1H3. The zero-order chi connectivity index (χ0) is 16.5. The van der Waals surface area contributed by atoms with Crippen LogP contribution in [0.3, 0.4) is 0 Å². The molecule has 118 valence electrons. The lowest BCUT2D eigenvalue weighted by Gasteiger charge is -2.43. The molecular formula is C14H14F3N3O2. The van der Waals surface area contributed by atoms with E-state index >= 15 is 0 Å². The second-order valence-corrected chi connectivity index (χ2v) is 5.33. The SMILES string of the molecule is CN(C(=O)Cn1cc(C(F)(F)F)ccc1=O)C1(C#N)CCC1. The minimum atomic E-state index is -4.59. The lowest BCUT2D eigenvalue weighted by atomic mass is 9.76. The van der Waals surface area contributed by atoms with Gasteiger partial charge in [-0.05, 0) is 25.3 Å². The zero-order valence-corrected chi connectivity index (χ0v) is 11.9. The molecule has 0 spiro atoms. The number of amides is 1. The first kappa shape index (κ1) is 16.1. The Kier molecular flexibility index (Phi) is 4.00. The maximum atomic E-state index is 12.6. The van der Waals surface area contributed by atoms with Crippen molar-refractivity contribution in [2.24, 2.45) is 0 Å². The first-order chi connectivity index (χ1) is 10.2. The molecule has 1 aromatic rings. The van der Waals surface area contributed by atoms with Gasteiger partial charge in [-0.15, -0.1) is 0 Å². The van der Waals surface area contributed by atoms with Gasteiger partial charge in [-0.1, -0.05) is 0 Å². The Labute approximate surface area is 124 Å². The molecule has 1 aliphatic carbocycles. The van der Waals surface area contributed by atoms with Crippen molar-refractivity contribution in [3.05, 3.63) is 34.2 Å². The molecule has 1 fully saturated rings. The van der Waals surface area contributed by atoms with Crippen LogP contribution >= 0.6 is 0 Å². The van der Waals surface area contributed by atoms with Gasteiger partial charge in [-0.3, -0.25) is 9.59 Å². The first-order valence-electron chi connectivity index (χ1n) is 6.65. The number of hydrogen-bond donors (Lipinski definition) is 0. The summed E-state index contributed by atoms with van der Waals surface area (Å²) in [6, 6.07) is 3.52. The summed E-state index contributed by atoms with van der Waals surface area (Å²) in [5, 5.41) is 9.17. The number of nitrogens with zero attached hydrogens (tertiary/aromatic N) is 3. The van der Waals surface area contributed by atoms with Crippen LogP contribution in [-0.2, 0) is 17.5 Å². The normalized spacial score (nSPS) is 16.5. The molecule has 0 atom stereocenters. The largest absolute Gasteiger partial charge is 0.417 e. The van der Waals surface area contributed by atoms with Crippen molar-refractivity contribution in [2.75, 3.05) is 7.05 Å². The maximum absolute atomic E-state index is 12.6. The minimum Gasteiger partial charge on any atom is -0.325 e. The van der Waals surface area contributed by atoms with Gasteiger partial charge in [-0.2, -0.15) is 18.4 Å². The number of pyridine rings is 1. The van der Waals surface area contributed by atoms with E-state index in [1.54, 1.807) is 0 Å². The monoisotopic (exact) mass is 313 g/mol. The fraction of sp³-hybridized carbons (Fsp3) is 0.500. The fourth-order valence-electron chi connectivity index (χ4n) is 2.35. The van der Waals surface area contributed by atoms with E-state index in [-0.39, 0.29) is 0 Å². The Morgan fingerprint density at radius 3 is 2.55 bits per heavy atom. The lowest BCUT2D eigenvalue weighted by molar-refractivity contribution is -0.140. The van der Waals surface area contributed by atoms with E-state index in [4.69, 9.17) is 5.26 Å². The number of alkyl halides is 3. The molecule has 0 aromatic carbocycles. The Bertz CT molecular complexity index is 684. The summed E-state index contributed by atoms with van der Waals surface area (Å²) < 4.78 is 38.7. The van der Waals surface area contributed by atoms with Crippen molar-refractivity contribution in [1.82, 2.24) is 9.47 Å². The minimum absolute atomic E-state index is 0.525. The predicted octanol–water partition coefficient (Wildman–Crippen LogP) is 1.77. The lowest BCUT2D eigenvalue weighted by Crippen LogP contribution is -2.54. The van der Waals surface area contributed by atoms with E-state index in [1.165, 1.54) is 11.9 Å². The van der Waals surface area contributed by atoms with Crippen molar-refractivity contribution >= 4 is 5.91 Å². The van der Waals surface area contributed by atoms with Gasteiger partial charge in [-0.25, -0.2) is 0 Å². The first-order valence-corrected chi connectivity index (χ1v) is 6.65. The molecule has 1 aromatic heterocycles. The van der Waals surface area contributed by atoms with E-state index in [2.05, 4.69) is 6.07 Å². The van der Waals surface area contributed by atoms with Gasteiger partial charge in [0.15, 0.2) is 0 Å². The Balaban J connectivity index is 2.22. The van der Waals surface area contributed by atoms with E-state index in [0.717, 1.165) is 12.5 Å². The highest BCUT2D eigenvalue weighted by Crippen LogP contribution is 2.36. The number of rotatable bonds is 3. The number of hydrogen-bond acceptors (Lipinski definition) is 3. The van der Waals surface area contributed by atoms with Gasteiger partial charge in [0, 0.05) is 19.3 Å². The second-order valence-electron chi connectivity index (χ2n) is 5.33. The van der Waals surface area contributed by atoms with Gasteiger partial charge in [0.1, 0.15) is 12.1 Å². The molecule has 0 saturated heterocycles. The number of carbonyl (C=O) groups is 1. The molecule has 0 radical (unpaired) electrons. The number of nitriles is 1. The third-order valence-corrected chi connectivity index (χ3v) is 4.02. The summed E-state index contributed by atoms with van der Waals surface area (Å²) in [4.78, 5) is 25.0. The molecule has 1 saturated carbocycles. The molecule has 5 nitrogen and oxygen atoms in total. The predicted molar refractivity (Wildman–Crippen MR) is 70.7 cm³/mol. The van der Waals surface area contributed by atoms with Crippen molar-refractivity contribution in [3.63, 3.8) is 0 Å². The summed E-state index contributed by atoms with van der Waals surface area (Å²) in [7, 11) is 1.43. The number of aromatic nitrogens is 1. The van der Waals surface area contributed by atoms with Gasteiger partial charge in [0.2, 0.25) is 5.91 Å².